The smallest absolute Gasteiger partial charge is 0.0273 e. The van der Waals surface area contributed by atoms with Crippen molar-refractivity contribution in [3.8, 4) is 11.1 Å². The number of pyridine rings is 1. The van der Waals surface area contributed by atoms with Gasteiger partial charge in [-0.15, -0.1) is 0 Å². The Morgan fingerprint density at radius 1 is 1.00 bits per heavy atom. The highest BCUT2D eigenvalue weighted by molar-refractivity contribution is 7.80. The number of thiol groups is 1. The molecule has 0 N–H and O–H groups in total. The molecular formula is C13H13NS. The van der Waals surface area contributed by atoms with E-state index in [-0.39, 0.29) is 0 Å². The van der Waals surface area contributed by atoms with Crippen LogP contribution in [-0.2, 0) is 6.42 Å². The average molecular weight is 215 g/mol. The lowest BCUT2D eigenvalue weighted by Crippen LogP contribution is -1.90. The largest absolute Gasteiger partial charge is 0.265 e. The number of nitrogens with zero attached hydrogens (tertiary/aromatic N) is 1. The molecule has 0 unspecified atom stereocenters. The first-order chi connectivity index (χ1) is 7.42. The summed E-state index contributed by atoms with van der Waals surface area (Å²) in [7, 11) is 0. The molecule has 1 heterocycles. The molecule has 15 heavy (non-hydrogen) atoms. The summed E-state index contributed by atoms with van der Waals surface area (Å²) in [5, 5.41) is 0. The first kappa shape index (κ1) is 10.2. The molecule has 0 fully saturated rings. The SMILES string of the molecule is SCCc1ccccc1-c1ccncc1. The third-order valence-electron chi connectivity index (χ3n) is 2.39. The van der Waals surface area contributed by atoms with Crippen LogP contribution in [0.1, 0.15) is 5.56 Å². The van der Waals surface area contributed by atoms with Crippen LogP contribution in [0.25, 0.3) is 11.1 Å². The fourth-order valence-corrected chi connectivity index (χ4v) is 1.91. The van der Waals surface area contributed by atoms with E-state index in [0.717, 1.165) is 12.2 Å². The number of rotatable bonds is 3. The van der Waals surface area contributed by atoms with E-state index in [0.29, 0.717) is 0 Å². The molecule has 0 spiro atoms. The van der Waals surface area contributed by atoms with Gasteiger partial charge in [0, 0.05) is 12.4 Å². The minimum atomic E-state index is 0.877. The van der Waals surface area contributed by atoms with Gasteiger partial charge in [-0.3, -0.25) is 4.98 Å². The highest BCUT2D eigenvalue weighted by atomic mass is 32.1. The zero-order valence-electron chi connectivity index (χ0n) is 8.43. The standard InChI is InChI=1S/C13H13NS/c15-10-7-11-3-1-2-4-13(11)12-5-8-14-9-6-12/h1-6,8-9,15H,7,10H2. The van der Waals surface area contributed by atoms with Crippen molar-refractivity contribution in [1.82, 2.24) is 4.98 Å². The second-order valence-electron chi connectivity index (χ2n) is 3.37. The van der Waals surface area contributed by atoms with Gasteiger partial charge in [0.15, 0.2) is 0 Å². The molecule has 0 aliphatic heterocycles. The molecule has 0 aliphatic rings. The summed E-state index contributed by atoms with van der Waals surface area (Å²) < 4.78 is 0. The van der Waals surface area contributed by atoms with Gasteiger partial charge in [-0.1, -0.05) is 24.3 Å². The molecule has 0 saturated carbocycles. The van der Waals surface area contributed by atoms with Crippen LogP contribution in [-0.4, -0.2) is 10.7 Å². The van der Waals surface area contributed by atoms with Crippen molar-refractivity contribution >= 4 is 12.6 Å². The lowest BCUT2D eigenvalue weighted by Gasteiger charge is -2.07. The van der Waals surface area contributed by atoms with Gasteiger partial charge in [0.1, 0.15) is 0 Å². The highest BCUT2D eigenvalue weighted by Gasteiger charge is 2.02. The van der Waals surface area contributed by atoms with Crippen LogP contribution in [0.3, 0.4) is 0 Å². The molecular weight excluding hydrogens is 202 g/mol. The molecule has 0 radical (unpaired) electrons. The van der Waals surface area contributed by atoms with Gasteiger partial charge >= 0.3 is 0 Å². The average Bonchev–Trinajstić information content (AvgIpc) is 2.31. The van der Waals surface area contributed by atoms with Crippen molar-refractivity contribution in [2.45, 2.75) is 6.42 Å². The molecule has 0 saturated heterocycles. The summed E-state index contributed by atoms with van der Waals surface area (Å²) in [4.78, 5) is 4.03. The molecule has 2 aromatic rings. The Hall–Kier alpha value is -1.28. The Morgan fingerprint density at radius 3 is 2.47 bits per heavy atom. The van der Waals surface area contributed by atoms with Gasteiger partial charge in [-0.2, -0.15) is 12.6 Å². The second-order valence-corrected chi connectivity index (χ2v) is 3.81. The topological polar surface area (TPSA) is 12.9 Å². The molecule has 1 aromatic carbocycles. The van der Waals surface area contributed by atoms with Crippen molar-refractivity contribution in [3.63, 3.8) is 0 Å². The summed E-state index contributed by atoms with van der Waals surface area (Å²) in [5.74, 6) is 0.877. The Labute approximate surface area is 95.6 Å². The van der Waals surface area contributed by atoms with Gasteiger partial charge in [0.25, 0.3) is 0 Å². The number of aryl methyl sites for hydroxylation is 1. The zero-order chi connectivity index (χ0) is 10.5. The Balaban J connectivity index is 2.43. The predicted molar refractivity (Wildman–Crippen MR) is 67.2 cm³/mol. The fourth-order valence-electron chi connectivity index (χ4n) is 1.67. The van der Waals surface area contributed by atoms with E-state index in [4.69, 9.17) is 0 Å². The molecule has 1 aromatic heterocycles. The predicted octanol–water partition coefficient (Wildman–Crippen LogP) is 3.22. The summed E-state index contributed by atoms with van der Waals surface area (Å²) >= 11 is 4.28. The van der Waals surface area contributed by atoms with E-state index in [1.165, 1.54) is 16.7 Å². The van der Waals surface area contributed by atoms with E-state index in [1.54, 1.807) is 0 Å². The highest BCUT2D eigenvalue weighted by Crippen LogP contribution is 2.23. The van der Waals surface area contributed by atoms with Crippen LogP contribution in [0.2, 0.25) is 0 Å². The summed E-state index contributed by atoms with van der Waals surface area (Å²) in [6.45, 7) is 0. The molecule has 0 aliphatic carbocycles. The van der Waals surface area contributed by atoms with Gasteiger partial charge in [0.05, 0.1) is 0 Å². The Kier molecular flexibility index (Phi) is 3.41. The minimum Gasteiger partial charge on any atom is -0.265 e. The van der Waals surface area contributed by atoms with Crippen molar-refractivity contribution in [2.75, 3.05) is 5.75 Å². The van der Waals surface area contributed by atoms with Crippen molar-refractivity contribution < 1.29 is 0 Å². The number of aromatic nitrogens is 1. The number of hydrogen-bond donors (Lipinski definition) is 1. The maximum Gasteiger partial charge on any atom is 0.0273 e. The normalized spacial score (nSPS) is 10.2. The molecule has 76 valence electrons. The number of benzene rings is 1. The molecule has 0 atom stereocenters. The second kappa shape index (κ2) is 4.99. The van der Waals surface area contributed by atoms with Gasteiger partial charge < -0.3 is 0 Å². The van der Waals surface area contributed by atoms with Crippen LogP contribution in [0.4, 0.5) is 0 Å². The van der Waals surface area contributed by atoms with Crippen molar-refractivity contribution in [3.05, 3.63) is 54.4 Å². The summed E-state index contributed by atoms with van der Waals surface area (Å²) in [6, 6.07) is 12.5. The summed E-state index contributed by atoms with van der Waals surface area (Å²) in [6.07, 6.45) is 4.65. The van der Waals surface area contributed by atoms with Crippen LogP contribution in [0.15, 0.2) is 48.8 Å². The van der Waals surface area contributed by atoms with Crippen molar-refractivity contribution in [2.24, 2.45) is 0 Å². The van der Waals surface area contributed by atoms with Crippen LogP contribution in [0, 0.1) is 0 Å². The third kappa shape index (κ3) is 2.39. The zero-order valence-corrected chi connectivity index (χ0v) is 9.32. The third-order valence-corrected chi connectivity index (χ3v) is 2.61. The van der Waals surface area contributed by atoms with E-state index in [9.17, 15) is 0 Å². The molecule has 1 nitrogen and oxygen atoms in total. The van der Waals surface area contributed by atoms with Gasteiger partial charge in [-0.25, -0.2) is 0 Å². The van der Waals surface area contributed by atoms with E-state index in [1.807, 2.05) is 24.5 Å². The minimum absolute atomic E-state index is 0.877. The first-order valence-electron chi connectivity index (χ1n) is 5.01. The maximum absolute atomic E-state index is 4.28. The lowest BCUT2D eigenvalue weighted by molar-refractivity contribution is 1.16. The van der Waals surface area contributed by atoms with E-state index >= 15 is 0 Å². The van der Waals surface area contributed by atoms with Crippen LogP contribution in [0.5, 0.6) is 0 Å². The molecule has 2 heteroatoms. The fraction of sp³-hybridized carbons (Fsp3) is 0.154. The summed E-state index contributed by atoms with van der Waals surface area (Å²) in [5.41, 5.74) is 3.86. The maximum atomic E-state index is 4.28. The first-order valence-corrected chi connectivity index (χ1v) is 5.64. The molecule has 2 rings (SSSR count). The van der Waals surface area contributed by atoms with E-state index < -0.39 is 0 Å². The van der Waals surface area contributed by atoms with Gasteiger partial charge in [0.2, 0.25) is 0 Å². The Bertz CT molecular complexity index is 426. The van der Waals surface area contributed by atoms with Gasteiger partial charge in [-0.05, 0) is 41.0 Å². The van der Waals surface area contributed by atoms with E-state index in [2.05, 4.69) is 41.9 Å². The van der Waals surface area contributed by atoms with Crippen LogP contribution >= 0.6 is 12.6 Å². The lowest BCUT2D eigenvalue weighted by atomic mass is 9.99. The molecule has 0 bridgehead atoms. The van der Waals surface area contributed by atoms with Crippen molar-refractivity contribution in [1.29, 1.82) is 0 Å². The number of hydrogen-bond acceptors (Lipinski definition) is 2. The molecule has 0 amide bonds. The quantitative estimate of drug-likeness (QED) is 0.776. The Morgan fingerprint density at radius 2 is 1.73 bits per heavy atom. The monoisotopic (exact) mass is 215 g/mol. The van der Waals surface area contributed by atoms with Crippen LogP contribution < -0.4 is 0 Å².